The lowest BCUT2D eigenvalue weighted by atomic mass is 10.1. The number of H-pyrrole nitrogens is 1. The van der Waals surface area contributed by atoms with E-state index >= 15 is 0 Å². The van der Waals surface area contributed by atoms with Gasteiger partial charge in [0, 0.05) is 27.9 Å². The summed E-state index contributed by atoms with van der Waals surface area (Å²) in [7, 11) is 0. The molecule has 0 aliphatic rings. The van der Waals surface area contributed by atoms with E-state index in [0.29, 0.717) is 10.8 Å². The normalized spacial score (nSPS) is 11.5. The maximum Gasteiger partial charge on any atom is 0.416 e. The average Bonchev–Trinajstić information content (AvgIpc) is 3.34. The van der Waals surface area contributed by atoms with Crippen LogP contribution in [0.1, 0.15) is 22.4 Å². The molecule has 0 bridgehead atoms. The second-order valence-corrected chi connectivity index (χ2v) is 8.38. The van der Waals surface area contributed by atoms with Gasteiger partial charge in [0.25, 0.3) is 5.56 Å². The first kappa shape index (κ1) is 22.5. The summed E-state index contributed by atoms with van der Waals surface area (Å²) >= 11 is 1.28. The number of rotatable bonds is 5. The standard InChI is InChI=1S/C23H19F3N4O2S/c1-13-6-8-15(9-7-13)19-12-33-22(28-19)30-21(32)18(14(2)29-30)11-20(31)27-17-5-3-4-16(10-17)23(24,25)26/h3-10,12,29H,11H2,1-2H3,(H,27,31). The smallest absolute Gasteiger partial charge is 0.326 e. The number of nitrogens with zero attached hydrogens (tertiary/aromatic N) is 2. The van der Waals surface area contributed by atoms with Gasteiger partial charge in [-0.15, -0.1) is 11.3 Å². The minimum Gasteiger partial charge on any atom is -0.326 e. The highest BCUT2D eigenvalue weighted by molar-refractivity contribution is 7.12. The monoisotopic (exact) mass is 472 g/mol. The highest BCUT2D eigenvalue weighted by Gasteiger charge is 2.30. The van der Waals surface area contributed by atoms with E-state index in [-0.39, 0.29) is 17.7 Å². The molecule has 0 saturated heterocycles. The van der Waals surface area contributed by atoms with Crippen LogP contribution in [0.3, 0.4) is 0 Å². The zero-order valence-electron chi connectivity index (χ0n) is 17.7. The zero-order valence-corrected chi connectivity index (χ0v) is 18.5. The van der Waals surface area contributed by atoms with Gasteiger partial charge in [-0.1, -0.05) is 35.9 Å². The molecule has 2 N–H and O–H groups in total. The van der Waals surface area contributed by atoms with Gasteiger partial charge in [-0.3, -0.25) is 14.7 Å². The lowest BCUT2D eigenvalue weighted by molar-refractivity contribution is -0.137. The molecule has 2 heterocycles. The number of carbonyl (C=O) groups is 1. The van der Waals surface area contributed by atoms with Crippen molar-refractivity contribution >= 4 is 22.9 Å². The number of thiazole rings is 1. The van der Waals surface area contributed by atoms with E-state index in [9.17, 15) is 22.8 Å². The third-order valence-corrected chi connectivity index (χ3v) is 5.86. The maximum absolute atomic E-state index is 12.9. The topological polar surface area (TPSA) is 79.8 Å². The summed E-state index contributed by atoms with van der Waals surface area (Å²) in [5, 5.41) is 7.60. The van der Waals surface area contributed by atoms with E-state index in [0.717, 1.165) is 29.0 Å². The number of benzene rings is 2. The molecule has 1 amide bonds. The first-order valence-electron chi connectivity index (χ1n) is 9.92. The molecule has 0 aliphatic heterocycles. The van der Waals surface area contributed by atoms with Crippen molar-refractivity contribution in [3.8, 4) is 16.4 Å². The number of halogens is 3. The Hall–Kier alpha value is -3.66. The highest BCUT2D eigenvalue weighted by Crippen LogP contribution is 2.30. The second kappa shape index (κ2) is 8.70. The lowest BCUT2D eigenvalue weighted by Crippen LogP contribution is -2.22. The minimum absolute atomic E-state index is 0.00556. The summed E-state index contributed by atoms with van der Waals surface area (Å²) in [6.07, 6.45) is -4.81. The third kappa shape index (κ3) is 4.90. The summed E-state index contributed by atoms with van der Waals surface area (Å²) < 4.78 is 39.9. The van der Waals surface area contributed by atoms with Crippen molar-refractivity contribution in [2.75, 3.05) is 5.32 Å². The number of hydrogen-bond donors (Lipinski definition) is 2. The van der Waals surface area contributed by atoms with E-state index in [1.807, 2.05) is 36.6 Å². The van der Waals surface area contributed by atoms with Gasteiger partial charge in [-0.25, -0.2) is 4.98 Å². The number of alkyl halides is 3. The molecule has 0 unspecified atom stereocenters. The molecule has 170 valence electrons. The van der Waals surface area contributed by atoms with Crippen molar-refractivity contribution in [3.63, 3.8) is 0 Å². The number of anilines is 1. The Morgan fingerprint density at radius 2 is 1.88 bits per heavy atom. The molecule has 4 aromatic rings. The molecule has 33 heavy (non-hydrogen) atoms. The summed E-state index contributed by atoms with van der Waals surface area (Å²) in [5.74, 6) is -0.597. The molecule has 0 spiro atoms. The van der Waals surface area contributed by atoms with E-state index < -0.39 is 23.2 Å². The number of amides is 1. The molecule has 10 heteroatoms. The second-order valence-electron chi connectivity index (χ2n) is 7.54. The van der Waals surface area contributed by atoms with Crippen LogP contribution in [0.5, 0.6) is 0 Å². The Kier molecular flexibility index (Phi) is 5.94. The Labute approximate surface area is 190 Å². The van der Waals surface area contributed by atoms with Gasteiger partial charge >= 0.3 is 6.18 Å². The first-order valence-corrected chi connectivity index (χ1v) is 10.8. The van der Waals surface area contributed by atoms with Crippen LogP contribution in [-0.2, 0) is 17.4 Å². The summed E-state index contributed by atoms with van der Waals surface area (Å²) in [6, 6.07) is 12.2. The van der Waals surface area contributed by atoms with Crippen molar-refractivity contribution in [2.45, 2.75) is 26.4 Å². The number of aryl methyl sites for hydroxylation is 2. The molecule has 6 nitrogen and oxygen atoms in total. The summed E-state index contributed by atoms with van der Waals surface area (Å²) in [4.78, 5) is 29.9. The number of hydrogen-bond acceptors (Lipinski definition) is 4. The van der Waals surface area contributed by atoms with Gasteiger partial charge in [0.15, 0.2) is 0 Å². The SMILES string of the molecule is Cc1ccc(-c2csc(-n3[nH]c(C)c(CC(=O)Nc4cccc(C(F)(F)F)c4)c3=O)n2)cc1. The zero-order chi connectivity index (χ0) is 23.8. The predicted molar refractivity (Wildman–Crippen MR) is 121 cm³/mol. The van der Waals surface area contributed by atoms with Crippen molar-refractivity contribution < 1.29 is 18.0 Å². The van der Waals surface area contributed by atoms with Crippen molar-refractivity contribution in [2.24, 2.45) is 0 Å². The van der Waals surface area contributed by atoms with Crippen LogP contribution in [0.4, 0.5) is 18.9 Å². The molecular formula is C23H19F3N4O2S. The van der Waals surface area contributed by atoms with E-state index in [4.69, 9.17) is 0 Å². The van der Waals surface area contributed by atoms with Crippen molar-refractivity contribution in [1.82, 2.24) is 14.8 Å². The summed E-state index contributed by atoms with van der Waals surface area (Å²) in [5.41, 5.74) is 2.16. The van der Waals surface area contributed by atoms with Crippen LogP contribution in [0, 0.1) is 13.8 Å². The molecule has 0 radical (unpaired) electrons. The Balaban J connectivity index is 1.53. The fraction of sp³-hybridized carbons (Fsp3) is 0.174. The number of nitrogens with one attached hydrogen (secondary N) is 2. The summed E-state index contributed by atoms with van der Waals surface area (Å²) in [6.45, 7) is 3.64. The number of aromatic nitrogens is 3. The Morgan fingerprint density at radius 1 is 1.15 bits per heavy atom. The van der Waals surface area contributed by atoms with Gasteiger partial charge in [0.2, 0.25) is 11.0 Å². The van der Waals surface area contributed by atoms with Crippen LogP contribution in [0.15, 0.2) is 58.7 Å². The number of aromatic amines is 1. The van der Waals surface area contributed by atoms with Crippen LogP contribution in [0.25, 0.3) is 16.4 Å². The molecule has 2 aromatic carbocycles. The van der Waals surface area contributed by atoms with E-state index in [2.05, 4.69) is 15.4 Å². The quantitative estimate of drug-likeness (QED) is 0.424. The van der Waals surface area contributed by atoms with Crippen LogP contribution < -0.4 is 10.9 Å². The minimum atomic E-state index is -4.52. The molecule has 0 fully saturated rings. The molecule has 4 rings (SSSR count). The molecule has 0 saturated carbocycles. The van der Waals surface area contributed by atoms with Gasteiger partial charge in [0.05, 0.1) is 17.7 Å². The van der Waals surface area contributed by atoms with E-state index in [1.54, 1.807) is 6.92 Å². The van der Waals surface area contributed by atoms with Crippen LogP contribution in [-0.4, -0.2) is 20.7 Å². The van der Waals surface area contributed by atoms with E-state index in [1.165, 1.54) is 28.2 Å². The predicted octanol–water partition coefficient (Wildman–Crippen LogP) is 5.11. The van der Waals surface area contributed by atoms with Gasteiger partial charge in [-0.2, -0.15) is 17.9 Å². The average molecular weight is 472 g/mol. The van der Waals surface area contributed by atoms with Gasteiger partial charge in [0.1, 0.15) is 0 Å². The van der Waals surface area contributed by atoms with Gasteiger partial charge < -0.3 is 5.32 Å². The highest BCUT2D eigenvalue weighted by atomic mass is 32.1. The molecule has 2 aromatic heterocycles. The largest absolute Gasteiger partial charge is 0.416 e. The Morgan fingerprint density at radius 3 is 2.58 bits per heavy atom. The Bertz CT molecular complexity index is 1370. The van der Waals surface area contributed by atoms with Crippen molar-refractivity contribution in [3.05, 3.63) is 86.6 Å². The van der Waals surface area contributed by atoms with Crippen molar-refractivity contribution in [1.29, 1.82) is 0 Å². The van der Waals surface area contributed by atoms with Gasteiger partial charge in [-0.05, 0) is 32.0 Å². The van der Waals surface area contributed by atoms with Crippen LogP contribution in [0.2, 0.25) is 0 Å². The van der Waals surface area contributed by atoms with Crippen LogP contribution >= 0.6 is 11.3 Å². The molecule has 0 aliphatic carbocycles. The first-order chi connectivity index (χ1) is 15.6. The third-order valence-electron chi connectivity index (χ3n) is 5.04. The fourth-order valence-electron chi connectivity index (χ4n) is 3.29. The fourth-order valence-corrected chi connectivity index (χ4v) is 4.08. The maximum atomic E-state index is 12.9. The number of carbonyl (C=O) groups excluding carboxylic acids is 1. The molecular weight excluding hydrogens is 453 g/mol. The lowest BCUT2D eigenvalue weighted by Gasteiger charge is -2.09. The molecule has 0 atom stereocenters.